The maximum absolute atomic E-state index is 11.6. The van der Waals surface area contributed by atoms with Crippen LogP contribution in [0.5, 0.6) is 0 Å². The van der Waals surface area contributed by atoms with Gasteiger partial charge in [0.25, 0.3) is 0 Å². The van der Waals surface area contributed by atoms with Crippen molar-refractivity contribution in [3.8, 4) is 0 Å². The Labute approximate surface area is 98.6 Å². The standard InChI is InChI=1S/C13H25NO2/c1-13(2,3)12(16)14-9-11(15)10-7-5-4-6-8-10/h10-11,15H,4-9H2,1-3H3,(H,14,16). The highest BCUT2D eigenvalue weighted by Gasteiger charge is 2.25. The molecule has 0 heterocycles. The van der Waals surface area contributed by atoms with Crippen LogP contribution in [0.15, 0.2) is 0 Å². The van der Waals surface area contributed by atoms with Crippen LogP contribution in [0.1, 0.15) is 52.9 Å². The number of amides is 1. The van der Waals surface area contributed by atoms with E-state index in [0.29, 0.717) is 12.5 Å². The van der Waals surface area contributed by atoms with E-state index in [1.165, 1.54) is 19.3 Å². The van der Waals surface area contributed by atoms with Gasteiger partial charge in [0, 0.05) is 12.0 Å². The fourth-order valence-corrected chi connectivity index (χ4v) is 2.15. The molecule has 1 aliphatic rings. The second-order valence-electron chi connectivity index (χ2n) is 5.93. The summed E-state index contributed by atoms with van der Waals surface area (Å²) in [6.45, 7) is 6.06. The summed E-state index contributed by atoms with van der Waals surface area (Å²) in [6.07, 6.45) is 5.56. The number of aliphatic hydroxyl groups is 1. The second kappa shape index (κ2) is 5.67. The fourth-order valence-electron chi connectivity index (χ4n) is 2.15. The summed E-state index contributed by atoms with van der Waals surface area (Å²) in [5, 5.41) is 12.8. The van der Waals surface area contributed by atoms with E-state index in [1.807, 2.05) is 20.8 Å². The number of rotatable bonds is 3. The fraction of sp³-hybridized carbons (Fsp3) is 0.923. The van der Waals surface area contributed by atoms with Crippen molar-refractivity contribution < 1.29 is 9.90 Å². The molecule has 3 nitrogen and oxygen atoms in total. The zero-order valence-electron chi connectivity index (χ0n) is 10.8. The highest BCUT2D eigenvalue weighted by atomic mass is 16.3. The van der Waals surface area contributed by atoms with E-state index in [4.69, 9.17) is 0 Å². The molecule has 1 aliphatic carbocycles. The minimum absolute atomic E-state index is 0.0161. The number of carbonyl (C=O) groups is 1. The van der Waals surface area contributed by atoms with Gasteiger partial charge in [0.05, 0.1) is 6.10 Å². The maximum Gasteiger partial charge on any atom is 0.225 e. The average molecular weight is 227 g/mol. The van der Waals surface area contributed by atoms with Crippen LogP contribution in [0.3, 0.4) is 0 Å². The first-order chi connectivity index (χ1) is 7.41. The molecule has 0 aliphatic heterocycles. The zero-order chi connectivity index (χ0) is 12.2. The van der Waals surface area contributed by atoms with Crippen molar-refractivity contribution in [1.29, 1.82) is 0 Å². The summed E-state index contributed by atoms with van der Waals surface area (Å²) in [7, 11) is 0. The largest absolute Gasteiger partial charge is 0.391 e. The molecule has 0 saturated heterocycles. The first kappa shape index (κ1) is 13.5. The van der Waals surface area contributed by atoms with Crippen LogP contribution < -0.4 is 5.32 Å². The Morgan fingerprint density at radius 2 is 1.88 bits per heavy atom. The Balaban J connectivity index is 2.29. The predicted molar refractivity (Wildman–Crippen MR) is 65.0 cm³/mol. The number of nitrogens with one attached hydrogen (secondary N) is 1. The van der Waals surface area contributed by atoms with Gasteiger partial charge in [0.2, 0.25) is 5.91 Å². The van der Waals surface area contributed by atoms with Gasteiger partial charge >= 0.3 is 0 Å². The quantitative estimate of drug-likeness (QED) is 0.775. The lowest BCUT2D eigenvalue weighted by Gasteiger charge is -2.27. The molecule has 1 saturated carbocycles. The Kier molecular flexibility index (Phi) is 4.78. The van der Waals surface area contributed by atoms with Crippen molar-refractivity contribution in [3.05, 3.63) is 0 Å². The minimum atomic E-state index is -0.369. The molecular formula is C13H25NO2. The van der Waals surface area contributed by atoms with Crippen LogP contribution in [0.25, 0.3) is 0 Å². The van der Waals surface area contributed by atoms with E-state index in [0.717, 1.165) is 12.8 Å². The van der Waals surface area contributed by atoms with Gasteiger partial charge in [-0.3, -0.25) is 4.79 Å². The van der Waals surface area contributed by atoms with E-state index in [1.54, 1.807) is 0 Å². The second-order valence-corrected chi connectivity index (χ2v) is 5.93. The molecule has 1 amide bonds. The number of carbonyl (C=O) groups excluding carboxylic acids is 1. The third-order valence-corrected chi connectivity index (χ3v) is 3.35. The molecule has 2 N–H and O–H groups in total. The van der Waals surface area contributed by atoms with Crippen molar-refractivity contribution in [1.82, 2.24) is 5.32 Å². The van der Waals surface area contributed by atoms with E-state index >= 15 is 0 Å². The summed E-state index contributed by atoms with van der Waals surface area (Å²) < 4.78 is 0. The van der Waals surface area contributed by atoms with Gasteiger partial charge in [-0.25, -0.2) is 0 Å². The zero-order valence-corrected chi connectivity index (χ0v) is 10.8. The van der Waals surface area contributed by atoms with Gasteiger partial charge in [0.1, 0.15) is 0 Å². The third-order valence-electron chi connectivity index (χ3n) is 3.35. The molecule has 3 heteroatoms. The van der Waals surface area contributed by atoms with Crippen LogP contribution in [0.2, 0.25) is 0 Å². The van der Waals surface area contributed by atoms with Gasteiger partial charge in [-0.1, -0.05) is 40.0 Å². The minimum Gasteiger partial charge on any atom is -0.391 e. The summed E-state index contributed by atoms with van der Waals surface area (Å²) in [4.78, 5) is 11.6. The summed E-state index contributed by atoms with van der Waals surface area (Å²) >= 11 is 0. The van der Waals surface area contributed by atoms with Crippen LogP contribution in [-0.2, 0) is 4.79 Å². The average Bonchev–Trinajstić information content (AvgIpc) is 2.25. The third kappa shape index (κ3) is 4.12. The Hall–Kier alpha value is -0.570. The summed E-state index contributed by atoms with van der Waals surface area (Å²) in [6, 6.07) is 0. The van der Waals surface area contributed by atoms with Crippen molar-refractivity contribution in [2.75, 3.05) is 6.54 Å². The monoisotopic (exact) mass is 227 g/mol. The van der Waals surface area contributed by atoms with Crippen molar-refractivity contribution in [2.45, 2.75) is 59.0 Å². The molecular weight excluding hydrogens is 202 g/mol. The van der Waals surface area contributed by atoms with E-state index in [-0.39, 0.29) is 17.4 Å². The maximum atomic E-state index is 11.6. The SMILES string of the molecule is CC(C)(C)C(=O)NCC(O)C1CCCCC1. The van der Waals surface area contributed by atoms with Crippen molar-refractivity contribution in [3.63, 3.8) is 0 Å². The molecule has 0 aromatic carbocycles. The summed E-state index contributed by atoms with van der Waals surface area (Å²) in [5.74, 6) is 0.399. The molecule has 1 fully saturated rings. The highest BCUT2D eigenvalue weighted by Crippen LogP contribution is 2.26. The van der Waals surface area contributed by atoms with Crippen LogP contribution in [0.4, 0.5) is 0 Å². The Morgan fingerprint density at radius 1 is 1.31 bits per heavy atom. The van der Waals surface area contributed by atoms with E-state index in [9.17, 15) is 9.90 Å². The lowest BCUT2D eigenvalue weighted by Crippen LogP contribution is -2.41. The first-order valence-corrected chi connectivity index (χ1v) is 6.37. The van der Waals surface area contributed by atoms with Crippen LogP contribution >= 0.6 is 0 Å². The van der Waals surface area contributed by atoms with Gasteiger partial charge in [-0.15, -0.1) is 0 Å². The Bertz CT molecular complexity index is 227. The van der Waals surface area contributed by atoms with Gasteiger partial charge in [0.15, 0.2) is 0 Å². The van der Waals surface area contributed by atoms with Gasteiger partial charge in [-0.05, 0) is 18.8 Å². The lowest BCUT2D eigenvalue weighted by atomic mass is 9.85. The van der Waals surface area contributed by atoms with Crippen molar-refractivity contribution in [2.24, 2.45) is 11.3 Å². The lowest BCUT2D eigenvalue weighted by molar-refractivity contribution is -0.129. The normalized spacial score (nSPS) is 20.5. The molecule has 1 rings (SSSR count). The molecule has 0 aromatic rings. The van der Waals surface area contributed by atoms with Crippen molar-refractivity contribution >= 4 is 5.91 Å². The Morgan fingerprint density at radius 3 is 2.38 bits per heavy atom. The topological polar surface area (TPSA) is 49.3 Å². The molecule has 1 atom stereocenters. The van der Waals surface area contributed by atoms with Gasteiger partial charge in [-0.2, -0.15) is 0 Å². The van der Waals surface area contributed by atoms with E-state index < -0.39 is 0 Å². The summed E-state index contributed by atoms with van der Waals surface area (Å²) in [5.41, 5.74) is -0.369. The number of hydrogen-bond donors (Lipinski definition) is 2. The molecule has 1 unspecified atom stereocenters. The van der Waals surface area contributed by atoms with Crippen LogP contribution in [0, 0.1) is 11.3 Å². The molecule has 16 heavy (non-hydrogen) atoms. The molecule has 0 aromatic heterocycles. The predicted octanol–water partition coefficient (Wildman–Crippen LogP) is 2.09. The number of hydrogen-bond acceptors (Lipinski definition) is 2. The highest BCUT2D eigenvalue weighted by molar-refractivity contribution is 5.81. The first-order valence-electron chi connectivity index (χ1n) is 6.37. The van der Waals surface area contributed by atoms with Crippen LogP contribution in [-0.4, -0.2) is 23.7 Å². The smallest absolute Gasteiger partial charge is 0.225 e. The molecule has 0 radical (unpaired) electrons. The number of aliphatic hydroxyl groups excluding tert-OH is 1. The molecule has 0 bridgehead atoms. The van der Waals surface area contributed by atoms with Gasteiger partial charge < -0.3 is 10.4 Å². The van der Waals surface area contributed by atoms with E-state index in [2.05, 4.69) is 5.32 Å². The molecule has 94 valence electrons. The molecule has 0 spiro atoms.